The first-order chi connectivity index (χ1) is 12.3. The second kappa shape index (κ2) is 3.75. The predicted molar refractivity (Wildman–Crippen MR) is 110 cm³/mol. The van der Waals surface area contributed by atoms with Crippen LogP contribution in [-0.2, 0) is 0 Å². The first kappa shape index (κ1) is 12.3. The zero-order chi connectivity index (χ0) is 16.3. The summed E-state index contributed by atoms with van der Waals surface area (Å²) >= 11 is 0. The summed E-state index contributed by atoms with van der Waals surface area (Å²) in [5.41, 5.74) is 1.37. The molecule has 0 spiro atoms. The van der Waals surface area contributed by atoms with E-state index in [2.05, 4.69) is 73.7 Å². The molecule has 0 unspecified atom stereocenters. The Kier molecular flexibility index (Phi) is 1.84. The summed E-state index contributed by atoms with van der Waals surface area (Å²) in [6.07, 6.45) is 0. The lowest BCUT2D eigenvalue weighted by Crippen LogP contribution is -1.93. The van der Waals surface area contributed by atoms with Crippen LogP contribution in [0, 0.1) is 6.92 Å². The standard InChI is InChI=1S/C25H14/c1-13-12-18-9-8-16-5-3-14-2-4-15-6-7-17-10-11-19(13)25-23(17)21(15)20(14)22(16)24(18)25/h2-12H,1H3. The second-order valence-corrected chi connectivity index (χ2v) is 7.43. The number of hydrogen-bond donors (Lipinski definition) is 0. The van der Waals surface area contributed by atoms with Crippen molar-refractivity contribution in [3.8, 4) is 0 Å². The molecule has 0 fully saturated rings. The lowest BCUT2D eigenvalue weighted by atomic mass is 9.82. The minimum absolute atomic E-state index is 1.35. The van der Waals surface area contributed by atoms with Crippen LogP contribution in [0.4, 0.5) is 0 Å². The van der Waals surface area contributed by atoms with E-state index < -0.39 is 0 Å². The number of aryl methyl sites for hydroxylation is 1. The fourth-order valence-corrected chi connectivity index (χ4v) is 5.17. The fourth-order valence-electron chi connectivity index (χ4n) is 5.17. The van der Waals surface area contributed by atoms with Crippen molar-refractivity contribution in [3.63, 3.8) is 0 Å². The molecule has 7 rings (SSSR count). The molecule has 0 saturated carbocycles. The largest absolute Gasteiger partial charge is 0.0537 e. The van der Waals surface area contributed by atoms with E-state index in [0.717, 1.165) is 0 Å². The monoisotopic (exact) mass is 314 g/mol. The summed E-state index contributed by atoms with van der Waals surface area (Å²) in [5.74, 6) is 0. The first-order valence-electron chi connectivity index (χ1n) is 8.88. The van der Waals surface area contributed by atoms with Crippen LogP contribution in [0.5, 0.6) is 0 Å². The van der Waals surface area contributed by atoms with Crippen molar-refractivity contribution >= 4 is 64.6 Å². The van der Waals surface area contributed by atoms with Crippen molar-refractivity contribution in [3.05, 3.63) is 72.3 Å². The smallest absolute Gasteiger partial charge is 0.00112 e. The lowest BCUT2D eigenvalue weighted by molar-refractivity contribution is 1.57. The third-order valence-electron chi connectivity index (χ3n) is 6.21. The van der Waals surface area contributed by atoms with Crippen molar-refractivity contribution in [2.75, 3.05) is 0 Å². The first-order valence-corrected chi connectivity index (χ1v) is 8.88. The van der Waals surface area contributed by atoms with E-state index in [0.29, 0.717) is 0 Å². The molecule has 0 heteroatoms. The molecule has 7 aromatic carbocycles. The summed E-state index contributed by atoms with van der Waals surface area (Å²) in [5, 5.41) is 16.8. The predicted octanol–water partition coefficient (Wildman–Crippen LogP) is 7.23. The highest BCUT2D eigenvalue weighted by Crippen LogP contribution is 2.48. The van der Waals surface area contributed by atoms with Gasteiger partial charge in [0.15, 0.2) is 0 Å². The normalized spacial score (nSPS) is 13.0. The Labute approximate surface area is 144 Å². The molecule has 7 aromatic rings. The van der Waals surface area contributed by atoms with Gasteiger partial charge in [-0.15, -0.1) is 0 Å². The average molecular weight is 314 g/mol. The SMILES string of the molecule is Cc1cc2ccc3ccc4ccc5ccc6ccc1c1c6c5c4c3c21. The van der Waals surface area contributed by atoms with E-state index >= 15 is 0 Å². The highest BCUT2D eigenvalue weighted by molar-refractivity contribution is 6.44. The molecule has 0 aromatic heterocycles. The Bertz CT molecular complexity index is 1530. The van der Waals surface area contributed by atoms with Crippen LogP contribution in [0.3, 0.4) is 0 Å². The van der Waals surface area contributed by atoms with Gasteiger partial charge in [0, 0.05) is 0 Å². The number of benzene rings is 7. The average Bonchev–Trinajstić information content (AvgIpc) is 2.66. The molecule has 0 aliphatic heterocycles. The molecule has 0 aliphatic rings. The topological polar surface area (TPSA) is 0 Å². The Morgan fingerprint density at radius 2 is 0.760 bits per heavy atom. The van der Waals surface area contributed by atoms with Crippen molar-refractivity contribution in [1.29, 1.82) is 0 Å². The molecule has 0 heterocycles. The maximum absolute atomic E-state index is 2.36. The second-order valence-electron chi connectivity index (χ2n) is 7.43. The molecule has 25 heavy (non-hydrogen) atoms. The van der Waals surface area contributed by atoms with E-state index in [1.807, 2.05) is 0 Å². The summed E-state index contributed by atoms with van der Waals surface area (Å²) in [4.78, 5) is 0. The van der Waals surface area contributed by atoms with E-state index in [-0.39, 0.29) is 0 Å². The quantitative estimate of drug-likeness (QED) is 0.205. The highest BCUT2D eigenvalue weighted by Gasteiger charge is 2.20. The molecular weight excluding hydrogens is 300 g/mol. The van der Waals surface area contributed by atoms with Gasteiger partial charge in [-0.2, -0.15) is 0 Å². The van der Waals surface area contributed by atoms with Gasteiger partial charge in [-0.25, -0.2) is 0 Å². The van der Waals surface area contributed by atoms with Crippen molar-refractivity contribution in [1.82, 2.24) is 0 Å². The van der Waals surface area contributed by atoms with Gasteiger partial charge in [-0.3, -0.25) is 0 Å². The van der Waals surface area contributed by atoms with Crippen molar-refractivity contribution < 1.29 is 0 Å². The third kappa shape index (κ3) is 1.23. The van der Waals surface area contributed by atoms with Gasteiger partial charge in [0.25, 0.3) is 0 Å². The van der Waals surface area contributed by atoms with Crippen molar-refractivity contribution in [2.24, 2.45) is 0 Å². The van der Waals surface area contributed by atoms with E-state index in [1.165, 1.54) is 70.2 Å². The van der Waals surface area contributed by atoms with Gasteiger partial charge in [0.05, 0.1) is 0 Å². The van der Waals surface area contributed by atoms with Crippen LogP contribution in [0.1, 0.15) is 5.56 Å². The lowest BCUT2D eigenvalue weighted by Gasteiger charge is -2.21. The van der Waals surface area contributed by atoms with Crippen molar-refractivity contribution in [2.45, 2.75) is 6.92 Å². The van der Waals surface area contributed by atoms with Crippen LogP contribution in [-0.4, -0.2) is 0 Å². The maximum Gasteiger partial charge on any atom is -0.00112 e. The molecule has 0 atom stereocenters. The molecule has 0 nitrogen and oxygen atoms in total. The summed E-state index contributed by atoms with van der Waals surface area (Å²) < 4.78 is 0. The zero-order valence-corrected chi connectivity index (χ0v) is 13.9. The molecule has 0 bridgehead atoms. The Morgan fingerprint density at radius 1 is 0.400 bits per heavy atom. The van der Waals surface area contributed by atoms with Crippen LogP contribution >= 0.6 is 0 Å². The summed E-state index contributed by atoms with van der Waals surface area (Å²) in [6, 6.07) is 25.2. The third-order valence-corrected chi connectivity index (χ3v) is 6.21. The Hall–Kier alpha value is -3.12. The van der Waals surface area contributed by atoms with Gasteiger partial charge in [-0.05, 0) is 77.1 Å². The Morgan fingerprint density at radius 3 is 1.28 bits per heavy atom. The summed E-state index contributed by atoms with van der Waals surface area (Å²) in [7, 11) is 0. The fraction of sp³-hybridized carbons (Fsp3) is 0.0400. The van der Waals surface area contributed by atoms with E-state index in [9.17, 15) is 0 Å². The maximum atomic E-state index is 2.36. The molecule has 114 valence electrons. The van der Waals surface area contributed by atoms with Gasteiger partial charge in [-0.1, -0.05) is 66.7 Å². The Balaban J connectivity index is 2.10. The molecular formula is C25H14. The molecule has 0 amide bonds. The minimum Gasteiger partial charge on any atom is -0.0537 e. The van der Waals surface area contributed by atoms with Crippen LogP contribution in [0.25, 0.3) is 64.6 Å². The molecule has 0 N–H and O–H groups in total. The van der Waals surface area contributed by atoms with Gasteiger partial charge in [0.1, 0.15) is 0 Å². The van der Waals surface area contributed by atoms with E-state index in [4.69, 9.17) is 0 Å². The highest BCUT2D eigenvalue weighted by atomic mass is 14.2. The van der Waals surface area contributed by atoms with Gasteiger partial charge in [0.2, 0.25) is 0 Å². The summed E-state index contributed by atoms with van der Waals surface area (Å²) in [6.45, 7) is 2.24. The molecule has 0 aliphatic carbocycles. The molecule has 0 saturated heterocycles. The molecule has 0 radical (unpaired) electrons. The van der Waals surface area contributed by atoms with Gasteiger partial charge < -0.3 is 0 Å². The zero-order valence-electron chi connectivity index (χ0n) is 13.9. The van der Waals surface area contributed by atoms with E-state index in [1.54, 1.807) is 0 Å². The minimum atomic E-state index is 1.35. The number of hydrogen-bond acceptors (Lipinski definition) is 0. The van der Waals surface area contributed by atoms with Crippen LogP contribution < -0.4 is 0 Å². The van der Waals surface area contributed by atoms with Crippen LogP contribution in [0.2, 0.25) is 0 Å². The number of rotatable bonds is 0. The van der Waals surface area contributed by atoms with Crippen LogP contribution in [0.15, 0.2) is 66.7 Å². The van der Waals surface area contributed by atoms with Gasteiger partial charge >= 0.3 is 0 Å².